The lowest BCUT2D eigenvalue weighted by Gasteiger charge is -2.22. The number of benzene rings is 1. The molecule has 3 rings (SSSR count). The van der Waals surface area contributed by atoms with Crippen LogP contribution in [0.1, 0.15) is 49.1 Å². The highest BCUT2D eigenvalue weighted by atomic mass is 16.5. The van der Waals surface area contributed by atoms with Crippen molar-refractivity contribution >= 4 is 11.7 Å². The summed E-state index contributed by atoms with van der Waals surface area (Å²) < 4.78 is 18.9. The largest absolute Gasteiger partial charge is 0.493 e. The molecule has 0 bridgehead atoms. The van der Waals surface area contributed by atoms with Crippen LogP contribution in [0.3, 0.4) is 0 Å². The SMILES string of the molecule is CCOc1ccc(CN(CC)CC(=O)Nc2c(C#N)c(C)c(C)n2CC2CCCO2)cc1OC. The Labute approximate surface area is 202 Å². The second-order valence-corrected chi connectivity index (χ2v) is 8.56. The summed E-state index contributed by atoms with van der Waals surface area (Å²) in [5.74, 6) is 1.80. The minimum atomic E-state index is -0.151. The van der Waals surface area contributed by atoms with Crippen LogP contribution < -0.4 is 14.8 Å². The van der Waals surface area contributed by atoms with Crippen LogP contribution in [0.4, 0.5) is 5.82 Å². The van der Waals surface area contributed by atoms with E-state index in [0.717, 1.165) is 36.3 Å². The average Bonchev–Trinajstić information content (AvgIpc) is 3.42. The second-order valence-electron chi connectivity index (χ2n) is 8.56. The van der Waals surface area contributed by atoms with Gasteiger partial charge in [0.05, 0.1) is 38.5 Å². The smallest absolute Gasteiger partial charge is 0.239 e. The summed E-state index contributed by atoms with van der Waals surface area (Å²) in [6, 6.07) is 8.10. The van der Waals surface area contributed by atoms with E-state index in [1.807, 2.05) is 55.4 Å². The first kappa shape index (κ1) is 25.6. The number of hydrogen-bond acceptors (Lipinski definition) is 6. The number of aromatic nitrogens is 1. The van der Waals surface area contributed by atoms with Crippen molar-refractivity contribution in [2.24, 2.45) is 0 Å². The maximum atomic E-state index is 13.1. The molecule has 2 aromatic rings. The lowest BCUT2D eigenvalue weighted by molar-refractivity contribution is -0.117. The van der Waals surface area contributed by atoms with Crippen molar-refractivity contribution in [2.75, 3.05) is 38.7 Å². The maximum Gasteiger partial charge on any atom is 0.239 e. The van der Waals surface area contributed by atoms with E-state index < -0.39 is 0 Å². The van der Waals surface area contributed by atoms with Gasteiger partial charge in [-0.2, -0.15) is 5.26 Å². The molecule has 1 unspecified atom stereocenters. The summed E-state index contributed by atoms with van der Waals surface area (Å²) in [6.45, 7) is 11.3. The van der Waals surface area contributed by atoms with Crippen LogP contribution in [-0.2, 0) is 22.6 Å². The number of carbonyl (C=O) groups is 1. The number of methoxy groups -OCH3 is 1. The number of nitrogens with one attached hydrogen (secondary N) is 1. The molecule has 2 heterocycles. The Balaban J connectivity index is 1.73. The molecule has 1 saturated heterocycles. The molecular formula is C26H36N4O4. The number of nitrogens with zero attached hydrogens (tertiary/aromatic N) is 3. The molecule has 184 valence electrons. The van der Waals surface area contributed by atoms with Gasteiger partial charge in [-0.25, -0.2) is 0 Å². The summed E-state index contributed by atoms with van der Waals surface area (Å²) in [5, 5.41) is 12.8. The third-order valence-electron chi connectivity index (χ3n) is 6.36. The Hall–Kier alpha value is -3.02. The first-order valence-corrected chi connectivity index (χ1v) is 11.9. The molecule has 8 heteroatoms. The van der Waals surface area contributed by atoms with Crippen molar-refractivity contribution in [2.45, 2.75) is 59.7 Å². The predicted octanol–water partition coefficient (Wildman–Crippen LogP) is 4.02. The van der Waals surface area contributed by atoms with E-state index in [0.29, 0.717) is 49.1 Å². The van der Waals surface area contributed by atoms with Crippen molar-refractivity contribution in [1.82, 2.24) is 9.47 Å². The van der Waals surface area contributed by atoms with E-state index in [1.165, 1.54) is 0 Å². The minimum Gasteiger partial charge on any atom is -0.493 e. The fourth-order valence-electron chi connectivity index (χ4n) is 4.35. The van der Waals surface area contributed by atoms with Gasteiger partial charge in [0.15, 0.2) is 11.5 Å². The Kier molecular flexibility index (Phi) is 8.97. The molecule has 0 spiro atoms. The van der Waals surface area contributed by atoms with Gasteiger partial charge in [0, 0.05) is 18.8 Å². The fraction of sp³-hybridized carbons (Fsp3) is 0.538. The van der Waals surface area contributed by atoms with Crippen molar-refractivity contribution < 1.29 is 19.0 Å². The molecule has 0 aliphatic carbocycles. The molecule has 1 aromatic heterocycles. The standard InChI is InChI=1S/C26H36N4O4/c1-6-29(15-20-10-11-23(33-7-2)24(13-20)32-5)17-25(31)28-26-22(14-27)18(3)19(4)30(26)16-21-9-8-12-34-21/h10-11,13,21H,6-9,12,15-17H2,1-5H3,(H,28,31). The lowest BCUT2D eigenvalue weighted by atomic mass is 10.2. The molecule has 34 heavy (non-hydrogen) atoms. The molecule has 0 radical (unpaired) electrons. The van der Waals surface area contributed by atoms with Gasteiger partial charge in [-0.1, -0.05) is 13.0 Å². The molecule has 1 amide bonds. The second kappa shape index (κ2) is 11.9. The number of likely N-dealkylation sites (N-methyl/N-ethyl adjacent to an activating group) is 1. The van der Waals surface area contributed by atoms with Gasteiger partial charge >= 0.3 is 0 Å². The summed E-state index contributed by atoms with van der Waals surface area (Å²) in [6.07, 6.45) is 2.13. The number of nitriles is 1. The number of amides is 1. The maximum absolute atomic E-state index is 13.1. The highest BCUT2D eigenvalue weighted by molar-refractivity contribution is 5.93. The summed E-state index contributed by atoms with van der Waals surface area (Å²) in [5.41, 5.74) is 3.42. The highest BCUT2D eigenvalue weighted by Crippen LogP contribution is 2.30. The first-order valence-electron chi connectivity index (χ1n) is 11.9. The molecule has 1 aliphatic heterocycles. The van der Waals surface area contributed by atoms with Crippen LogP contribution in [0.25, 0.3) is 0 Å². The molecule has 1 fully saturated rings. The lowest BCUT2D eigenvalue weighted by Crippen LogP contribution is -2.33. The molecular weight excluding hydrogens is 432 g/mol. The number of hydrogen-bond donors (Lipinski definition) is 1. The van der Waals surface area contributed by atoms with Crippen LogP contribution in [0.2, 0.25) is 0 Å². The summed E-state index contributed by atoms with van der Waals surface area (Å²) in [4.78, 5) is 15.1. The van der Waals surface area contributed by atoms with Crippen LogP contribution in [-0.4, -0.2) is 54.9 Å². The third-order valence-corrected chi connectivity index (χ3v) is 6.36. The van der Waals surface area contributed by atoms with E-state index in [4.69, 9.17) is 14.2 Å². The Morgan fingerprint density at radius 1 is 1.32 bits per heavy atom. The summed E-state index contributed by atoms with van der Waals surface area (Å²) >= 11 is 0. The van der Waals surface area contributed by atoms with Gasteiger partial charge in [-0.3, -0.25) is 9.69 Å². The zero-order valence-corrected chi connectivity index (χ0v) is 20.9. The quantitative estimate of drug-likeness (QED) is 0.536. The highest BCUT2D eigenvalue weighted by Gasteiger charge is 2.24. The minimum absolute atomic E-state index is 0.106. The van der Waals surface area contributed by atoms with Crippen molar-refractivity contribution in [3.05, 3.63) is 40.6 Å². The van der Waals surface area contributed by atoms with Crippen LogP contribution in [0, 0.1) is 25.2 Å². The third kappa shape index (κ3) is 5.91. The average molecular weight is 469 g/mol. The van der Waals surface area contributed by atoms with E-state index in [1.54, 1.807) is 7.11 Å². The molecule has 1 aromatic carbocycles. The summed E-state index contributed by atoms with van der Waals surface area (Å²) in [7, 11) is 1.62. The zero-order chi connectivity index (χ0) is 24.7. The van der Waals surface area contributed by atoms with Crippen LogP contribution in [0.5, 0.6) is 11.5 Å². The zero-order valence-electron chi connectivity index (χ0n) is 20.9. The Bertz CT molecular complexity index is 1030. The first-order chi connectivity index (χ1) is 16.4. The van der Waals surface area contributed by atoms with E-state index in [-0.39, 0.29) is 18.6 Å². The molecule has 8 nitrogen and oxygen atoms in total. The van der Waals surface area contributed by atoms with E-state index >= 15 is 0 Å². The number of ether oxygens (including phenoxy) is 3. The number of rotatable bonds is 11. The monoisotopic (exact) mass is 468 g/mol. The molecule has 0 saturated carbocycles. The van der Waals surface area contributed by atoms with Crippen LogP contribution >= 0.6 is 0 Å². The Morgan fingerprint density at radius 2 is 2.12 bits per heavy atom. The van der Waals surface area contributed by atoms with Gasteiger partial charge in [-0.05, 0) is 63.4 Å². The van der Waals surface area contributed by atoms with Gasteiger partial charge in [0.1, 0.15) is 11.9 Å². The number of carbonyl (C=O) groups excluding carboxylic acids is 1. The topological polar surface area (TPSA) is 88.8 Å². The fourth-order valence-corrected chi connectivity index (χ4v) is 4.35. The van der Waals surface area contributed by atoms with Crippen molar-refractivity contribution in [1.29, 1.82) is 5.26 Å². The van der Waals surface area contributed by atoms with Crippen LogP contribution in [0.15, 0.2) is 18.2 Å². The van der Waals surface area contributed by atoms with Gasteiger partial charge in [-0.15, -0.1) is 0 Å². The molecule has 1 N–H and O–H groups in total. The van der Waals surface area contributed by atoms with Crippen molar-refractivity contribution in [3.63, 3.8) is 0 Å². The van der Waals surface area contributed by atoms with Gasteiger partial charge in [0.2, 0.25) is 5.91 Å². The van der Waals surface area contributed by atoms with Gasteiger partial charge in [0.25, 0.3) is 0 Å². The molecule has 1 aliphatic rings. The van der Waals surface area contributed by atoms with E-state index in [9.17, 15) is 10.1 Å². The van der Waals surface area contributed by atoms with Crippen molar-refractivity contribution in [3.8, 4) is 17.6 Å². The number of anilines is 1. The Morgan fingerprint density at radius 3 is 2.74 bits per heavy atom. The molecule has 1 atom stereocenters. The predicted molar refractivity (Wildman–Crippen MR) is 131 cm³/mol. The normalized spacial score (nSPS) is 15.4. The van der Waals surface area contributed by atoms with Gasteiger partial charge < -0.3 is 24.1 Å². The van der Waals surface area contributed by atoms with E-state index in [2.05, 4.69) is 11.4 Å².